The highest BCUT2D eigenvalue weighted by atomic mass is 16.1. The Labute approximate surface area is 171 Å². The van der Waals surface area contributed by atoms with E-state index in [-0.39, 0.29) is 0 Å². The van der Waals surface area contributed by atoms with Gasteiger partial charge in [0.1, 0.15) is 6.29 Å². The fourth-order valence-corrected chi connectivity index (χ4v) is 3.85. The van der Waals surface area contributed by atoms with Crippen LogP contribution in [0.5, 0.6) is 0 Å². The Morgan fingerprint density at radius 3 is 1.04 bits per heavy atom. The minimum atomic E-state index is 0.872. The highest BCUT2D eigenvalue weighted by Crippen LogP contribution is 2.15. The van der Waals surface area contributed by atoms with Crippen LogP contribution in [0.3, 0.4) is 0 Å². The summed E-state index contributed by atoms with van der Waals surface area (Å²) in [6.45, 7) is 2.29. The van der Waals surface area contributed by atoms with Gasteiger partial charge in [0.2, 0.25) is 0 Å². The molecule has 0 aromatic heterocycles. The van der Waals surface area contributed by atoms with Crippen molar-refractivity contribution < 1.29 is 4.79 Å². The number of hydrogen-bond acceptors (Lipinski definition) is 1. The monoisotopic (exact) mass is 378 g/mol. The Balaban J connectivity index is 2.99. The van der Waals surface area contributed by atoms with Crippen LogP contribution >= 0.6 is 0 Å². The SMILES string of the molecule is CCCCCCCCCCCCCCCCCCCCCCCC=CC=O. The summed E-state index contributed by atoms with van der Waals surface area (Å²) in [6, 6.07) is 0. The van der Waals surface area contributed by atoms with Crippen molar-refractivity contribution in [2.75, 3.05) is 0 Å². The number of rotatable bonds is 23. The van der Waals surface area contributed by atoms with Crippen molar-refractivity contribution in [3.63, 3.8) is 0 Å². The van der Waals surface area contributed by atoms with Gasteiger partial charge in [-0.2, -0.15) is 0 Å². The van der Waals surface area contributed by atoms with E-state index in [1.165, 1.54) is 135 Å². The van der Waals surface area contributed by atoms with Crippen LogP contribution in [0.2, 0.25) is 0 Å². The van der Waals surface area contributed by atoms with Gasteiger partial charge in [-0.25, -0.2) is 0 Å². The van der Waals surface area contributed by atoms with E-state index in [1.807, 2.05) is 6.08 Å². The van der Waals surface area contributed by atoms with Crippen LogP contribution in [-0.2, 0) is 4.79 Å². The first-order chi connectivity index (χ1) is 13.4. The van der Waals surface area contributed by atoms with Gasteiger partial charge in [-0.05, 0) is 18.9 Å². The van der Waals surface area contributed by atoms with E-state index >= 15 is 0 Å². The lowest BCUT2D eigenvalue weighted by atomic mass is 10.0. The van der Waals surface area contributed by atoms with Gasteiger partial charge in [0.25, 0.3) is 0 Å². The zero-order valence-electron chi connectivity index (χ0n) is 18.7. The van der Waals surface area contributed by atoms with Gasteiger partial charge in [0.15, 0.2) is 0 Å². The fraction of sp³-hybridized carbons (Fsp3) is 0.885. The topological polar surface area (TPSA) is 17.1 Å². The van der Waals surface area contributed by atoms with Gasteiger partial charge in [0, 0.05) is 0 Å². The number of carbonyl (C=O) groups is 1. The molecule has 0 rings (SSSR count). The third-order valence-electron chi connectivity index (χ3n) is 5.69. The van der Waals surface area contributed by atoms with Gasteiger partial charge in [-0.3, -0.25) is 4.79 Å². The molecule has 160 valence electrons. The van der Waals surface area contributed by atoms with E-state index in [0.29, 0.717) is 0 Å². The second-order valence-electron chi connectivity index (χ2n) is 8.42. The standard InChI is InChI=1S/C26H50O/c1-2-3-4-5-6-7-8-9-10-11-12-13-14-15-16-17-18-19-20-21-22-23-24-25-26-27/h24-26H,2-23H2,1H3. The molecule has 0 fully saturated rings. The predicted molar refractivity (Wildman–Crippen MR) is 122 cm³/mol. The molecule has 1 heteroatoms. The first-order valence-electron chi connectivity index (χ1n) is 12.5. The lowest BCUT2D eigenvalue weighted by Gasteiger charge is -2.04. The summed E-state index contributed by atoms with van der Waals surface area (Å²) in [7, 11) is 0. The van der Waals surface area contributed by atoms with Crippen molar-refractivity contribution in [3.8, 4) is 0 Å². The van der Waals surface area contributed by atoms with Crippen LogP contribution in [0, 0.1) is 0 Å². The molecular formula is C26H50O. The highest BCUT2D eigenvalue weighted by Gasteiger charge is 1.95. The maximum absolute atomic E-state index is 10.1. The fourth-order valence-electron chi connectivity index (χ4n) is 3.85. The van der Waals surface area contributed by atoms with Crippen molar-refractivity contribution in [2.45, 2.75) is 148 Å². The van der Waals surface area contributed by atoms with Crippen LogP contribution in [0.25, 0.3) is 0 Å². The predicted octanol–water partition coefficient (Wildman–Crippen LogP) is 9.34. The second kappa shape index (κ2) is 25.4. The molecule has 0 aromatic rings. The van der Waals surface area contributed by atoms with Gasteiger partial charge in [-0.1, -0.05) is 141 Å². The molecule has 27 heavy (non-hydrogen) atoms. The summed E-state index contributed by atoms with van der Waals surface area (Å²) >= 11 is 0. The van der Waals surface area contributed by atoms with Gasteiger partial charge < -0.3 is 0 Å². The molecule has 1 nitrogen and oxygen atoms in total. The third kappa shape index (κ3) is 25.4. The van der Waals surface area contributed by atoms with Crippen molar-refractivity contribution in [3.05, 3.63) is 12.2 Å². The van der Waals surface area contributed by atoms with Crippen LogP contribution < -0.4 is 0 Å². The highest BCUT2D eigenvalue weighted by molar-refractivity contribution is 5.64. The summed E-state index contributed by atoms with van der Waals surface area (Å²) in [5, 5.41) is 0. The smallest absolute Gasteiger partial charge is 0.142 e. The van der Waals surface area contributed by atoms with Crippen molar-refractivity contribution in [2.24, 2.45) is 0 Å². The molecule has 0 aliphatic heterocycles. The summed E-state index contributed by atoms with van der Waals surface area (Å²) in [6.07, 6.45) is 35.6. The van der Waals surface area contributed by atoms with E-state index in [2.05, 4.69) is 6.92 Å². The molecule has 0 spiro atoms. The first kappa shape index (κ1) is 26.4. The Hall–Kier alpha value is -0.590. The van der Waals surface area contributed by atoms with E-state index in [1.54, 1.807) is 6.08 Å². The van der Waals surface area contributed by atoms with Crippen LogP contribution in [0.15, 0.2) is 12.2 Å². The molecule has 0 saturated heterocycles. The number of hydrogen-bond donors (Lipinski definition) is 0. The van der Waals surface area contributed by atoms with Gasteiger partial charge >= 0.3 is 0 Å². The summed E-state index contributed by atoms with van der Waals surface area (Å²) in [5.41, 5.74) is 0. The Morgan fingerprint density at radius 1 is 0.444 bits per heavy atom. The van der Waals surface area contributed by atoms with Crippen molar-refractivity contribution in [1.29, 1.82) is 0 Å². The van der Waals surface area contributed by atoms with Crippen LogP contribution in [-0.4, -0.2) is 6.29 Å². The molecular weight excluding hydrogens is 328 g/mol. The summed E-state index contributed by atoms with van der Waals surface area (Å²) < 4.78 is 0. The average molecular weight is 379 g/mol. The van der Waals surface area contributed by atoms with Crippen molar-refractivity contribution in [1.82, 2.24) is 0 Å². The van der Waals surface area contributed by atoms with E-state index < -0.39 is 0 Å². The Morgan fingerprint density at radius 2 is 0.741 bits per heavy atom. The minimum absolute atomic E-state index is 0.872. The van der Waals surface area contributed by atoms with Crippen molar-refractivity contribution >= 4 is 6.29 Å². The molecule has 0 unspecified atom stereocenters. The average Bonchev–Trinajstić information content (AvgIpc) is 2.68. The van der Waals surface area contributed by atoms with E-state index in [4.69, 9.17) is 0 Å². The molecule has 0 atom stereocenters. The Bertz CT molecular complexity index is 295. The molecule has 0 saturated carbocycles. The number of aldehydes is 1. The molecule has 0 heterocycles. The van der Waals surface area contributed by atoms with Crippen LogP contribution in [0.4, 0.5) is 0 Å². The lowest BCUT2D eigenvalue weighted by Crippen LogP contribution is -1.84. The van der Waals surface area contributed by atoms with E-state index in [9.17, 15) is 4.79 Å². The zero-order chi connectivity index (χ0) is 19.7. The first-order valence-corrected chi connectivity index (χ1v) is 12.5. The number of unbranched alkanes of at least 4 members (excludes halogenated alkanes) is 21. The Kier molecular flexibility index (Phi) is 24.9. The maximum Gasteiger partial charge on any atom is 0.142 e. The zero-order valence-corrected chi connectivity index (χ0v) is 18.7. The quantitative estimate of drug-likeness (QED) is 0.0982. The van der Waals surface area contributed by atoms with E-state index in [0.717, 1.165) is 12.7 Å². The molecule has 0 N–H and O–H groups in total. The molecule has 0 aliphatic rings. The normalized spacial score (nSPS) is 11.4. The van der Waals surface area contributed by atoms with Gasteiger partial charge in [-0.15, -0.1) is 0 Å². The second-order valence-corrected chi connectivity index (χ2v) is 8.42. The maximum atomic E-state index is 10.1. The lowest BCUT2D eigenvalue weighted by molar-refractivity contribution is -0.104. The third-order valence-corrected chi connectivity index (χ3v) is 5.69. The van der Waals surface area contributed by atoms with Gasteiger partial charge in [0.05, 0.1) is 0 Å². The van der Waals surface area contributed by atoms with Crippen LogP contribution in [0.1, 0.15) is 148 Å². The number of carbonyl (C=O) groups excluding carboxylic acids is 1. The summed E-state index contributed by atoms with van der Waals surface area (Å²) in [4.78, 5) is 10.1. The largest absolute Gasteiger partial charge is 0.299 e. The molecule has 0 aromatic carbocycles. The summed E-state index contributed by atoms with van der Waals surface area (Å²) in [5.74, 6) is 0. The molecule has 0 amide bonds. The minimum Gasteiger partial charge on any atom is -0.299 e. The molecule has 0 radical (unpaired) electrons. The molecule has 0 bridgehead atoms. The number of allylic oxidation sites excluding steroid dienone is 2. The molecule has 0 aliphatic carbocycles.